The summed E-state index contributed by atoms with van der Waals surface area (Å²) in [4.78, 5) is 16.1. The quantitative estimate of drug-likeness (QED) is 0.0816. The number of carbonyl (C=O) groups is 1. The van der Waals surface area contributed by atoms with Gasteiger partial charge in [-0.25, -0.2) is 9.78 Å². The van der Waals surface area contributed by atoms with Crippen LogP contribution in [0, 0.1) is 0 Å². The van der Waals surface area contributed by atoms with Gasteiger partial charge in [0, 0.05) is 22.4 Å². The predicted octanol–water partition coefficient (Wildman–Crippen LogP) is 7.70. The van der Waals surface area contributed by atoms with Crippen LogP contribution in [0.4, 0.5) is 18.9 Å². The Bertz CT molecular complexity index is 1500. The molecule has 238 valence electrons. The monoisotopic (exact) mass is 652 g/mol. The van der Waals surface area contributed by atoms with Crippen LogP contribution >= 0.6 is 11.8 Å². The first-order valence-corrected chi connectivity index (χ1v) is 16.4. The van der Waals surface area contributed by atoms with Gasteiger partial charge in [-0.2, -0.15) is 21.6 Å². The van der Waals surface area contributed by atoms with E-state index in [0.29, 0.717) is 34.4 Å². The van der Waals surface area contributed by atoms with E-state index in [9.17, 15) is 26.4 Å². The van der Waals surface area contributed by atoms with Gasteiger partial charge in [0.2, 0.25) is 0 Å². The molecule has 0 fully saturated rings. The number of carboxylic acids is 1. The summed E-state index contributed by atoms with van der Waals surface area (Å²) in [5.41, 5.74) is -3.43. The summed E-state index contributed by atoms with van der Waals surface area (Å²) in [5.74, 6) is 0.460. The Labute approximate surface area is 259 Å². The topological polar surface area (TPSA) is 115 Å². The number of anilines is 1. The van der Waals surface area contributed by atoms with E-state index in [4.69, 9.17) is 14.6 Å². The van der Waals surface area contributed by atoms with Crippen LogP contribution in [0.15, 0.2) is 71.6 Å². The Morgan fingerprint density at radius 1 is 1.00 bits per heavy atom. The van der Waals surface area contributed by atoms with Gasteiger partial charge in [0.25, 0.3) is 0 Å². The van der Waals surface area contributed by atoms with Gasteiger partial charge >= 0.3 is 21.5 Å². The van der Waals surface area contributed by atoms with Crippen molar-refractivity contribution < 1.29 is 41.0 Å². The summed E-state index contributed by atoms with van der Waals surface area (Å²) in [6.45, 7) is 0.455. The minimum absolute atomic E-state index is 0.220. The first-order chi connectivity index (χ1) is 21.0. The standard InChI is InChI=1S/C31H35F3N2O6S2/c1-41-26-15-12-23(13-16-26)9-6-4-2-3-5-7-20-42-29-18-14-25(35-28(29)17-19-30(37)38)22-43-27-11-8-10-24(21-27)36-44(39,40)31(32,33)34/h8,10-19,21,36H,2-7,9,20,22H2,1H3,(H,37,38). The number of halogens is 3. The number of alkyl halides is 3. The van der Waals surface area contributed by atoms with Crippen LogP contribution in [0.2, 0.25) is 0 Å². The number of unbranched alkanes of at least 4 members (excludes halogenated alkanes) is 5. The molecule has 0 saturated carbocycles. The summed E-state index contributed by atoms with van der Waals surface area (Å²) < 4.78 is 73.5. The number of aromatic nitrogens is 1. The zero-order valence-electron chi connectivity index (χ0n) is 24.2. The van der Waals surface area contributed by atoms with E-state index in [0.717, 1.165) is 56.8 Å². The van der Waals surface area contributed by atoms with Crippen molar-refractivity contribution in [3.63, 3.8) is 0 Å². The number of thioether (sulfide) groups is 1. The molecule has 0 aliphatic rings. The lowest BCUT2D eigenvalue weighted by atomic mass is 10.0. The summed E-state index contributed by atoms with van der Waals surface area (Å²) in [5, 5.41) is 9.08. The molecule has 8 nitrogen and oxygen atoms in total. The van der Waals surface area contributed by atoms with E-state index in [-0.39, 0.29) is 5.69 Å². The van der Waals surface area contributed by atoms with Crippen LogP contribution < -0.4 is 14.2 Å². The van der Waals surface area contributed by atoms with Crippen molar-refractivity contribution in [2.45, 2.75) is 61.1 Å². The molecule has 2 aromatic carbocycles. The van der Waals surface area contributed by atoms with Gasteiger partial charge in [-0.1, -0.05) is 43.9 Å². The highest BCUT2D eigenvalue weighted by molar-refractivity contribution is 7.98. The van der Waals surface area contributed by atoms with E-state index in [1.54, 1.807) is 25.3 Å². The van der Waals surface area contributed by atoms with Gasteiger partial charge in [0.05, 0.1) is 19.4 Å². The second-order valence-corrected chi connectivity index (χ2v) is 12.5. The highest BCUT2D eigenvalue weighted by Crippen LogP contribution is 2.30. The molecule has 0 spiro atoms. The molecule has 3 rings (SSSR count). The molecule has 0 bridgehead atoms. The number of hydrogen-bond donors (Lipinski definition) is 2. The molecule has 13 heteroatoms. The Morgan fingerprint density at radius 2 is 1.70 bits per heavy atom. The zero-order chi connectivity index (χ0) is 32.0. The van der Waals surface area contributed by atoms with Crippen LogP contribution in [0.25, 0.3) is 6.08 Å². The molecule has 2 N–H and O–H groups in total. The Morgan fingerprint density at radius 3 is 2.39 bits per heavy atom. The molecule has 1 heterocycles. The molecule has 0 aliphatic heterocycles. The van der Waals surface area contributed by atoms with Crippen molar-refractivity contribution in [3.8, 4) is 11.5 Å². The predicted molar refractivity (Wildman–Crippen MR) is 165 cm³/mol. The minimum Gasteiger partial charge on any atom is -0.497 e. The largest absolute Gasteiger partial charge is 0.516 e. The molecule has 0 atom stereocenters. The third-order valence-electron chi connectivity index (χ3n) is 6.38. The fourth-order valence-electron chi connectivity index (χ4n) is 4.11. The normalized spacial score (nSPS) is 11.9. The van der Waals surface area contributed by atoms with Gasteiger partial charge < -0.3 is 14.6 Å². The highest BCUT2D eigenvalue weighted by Gasteiger charge is 2.46. The molecule has 44 heavy (non-hydrogen) atoms. The maximum absolute atomic E-state index is 12.7. The van der Waals surface area contributed by atoms with Crippen molar-refractivity contribution >= 4 is 39.5 Å². The lowest BCUT2D eigenvalue weighted by molar-refractivity contribution is -0.131. The van der Waals surface area contributed by atoms with Crippen molar-refractivity contribution in [3.05, 3.63) is 83.7 Å². The molecular weight excluding hydrogens is 617 g/mol. The van der Waals surface area contributed by atoms with Crippen molar-refractivity contribution in [2.24, 2.45) is 0 Å². The fourth-order valence-corrected chi connectivity index (χ4v) is 5.52. The molecule has 3 aromatic rings. The van der Waals surface area contributed by atoms with E-state index >= 15 is 0 Å². The number of pyridine rings is 1. The number of carboxylic acid groups (broad SMARTS) is 1. The Hall–Kier alpha value is -3.71. The molecule has 0 saturated heterocycles. The number of benzene rings is 2. The average molecular weight is 653 g/mol. The molecule has 0 amide bonds. The summed E-state index contributed by atoms with van der Waals surface area (Å²) in [6, 6.07) is 17.1. The van der Waals surface area contributed by atoms with Gasteiger partial charge in [-0.3, -0.25) is 4.72 Å². The number of sulfonamides is 1. The van der Waals surface area contributed by atoms with Crippen LogP contribution in [-0.4, -0.2) is 43.7 Å². The number of ether oxygens (including phenoxy) is 2. The van der Waals surface area contributed by atoms with Gasteiger partial charge in [0.1, 0.15) is 17.2 Å². The van der Waals surface area contributed by atoms with E-state index in [1.807, 2.05) is 12.1 Å². The highest BCUT2D eigenvalue weighted by atomic mass is 32.2. The van der Waals surface area contributed by atoms with Gasteiger partial charge in [-0.15, -0.1) is 11.8 Å². The Kier molecular flexibility index (Phi) is 13.4. The number of nitrogens with zero attached hydrogens (tertiary/aromatic N) is 1. The van der Waals surface area contributed by atoms with Crippen molar-refractivity contribution in [1.82, 2.24) is 4.98 Å². The second-order valence-electron chi connectivity index (χ2n) is 9.79. The van der Waals surface area contributed by atoms with Crippen LogP contribution in [0.3, 0.4) is 0 Å². The lowest BCUT2D eigenvalue weighted by Crippen LogP contribution is -2.29. The zero-order valence-corrected chi connectivity index (χ0v) is 25.8. The first-order valence-electron chi connectivity index (χ1n) is 14.0. The molecular formula is C31H35F3N2O6S2. The maximum atomic E-state index is 12.7. The average Bonchev–Trinajstić information content (AvgIpc) is 2.98. The van der Waals surface area contributed by atoms with Gasteiger partial charge in [-0.05, 0) is 73.4 Å². The number of rotatable bonds is 18. The smallest absolute Gasteiger partial charge is 0.497 e. The molecule has 0 radical (unpaired) electrons. The molecule has 0 unspecified atom stereocenters. The summed E-state index contributed by atoms with van der Waals surface area (Å²) in [6.07, 6.45) is 9.69. The Balaban J connectivity index is 1.46. The number of aliphatic carboxylic acids is 1. The number of aryl methyl sites for hydroxylation is 1. The van der Waals surface area contributed by atoms with E-state index in [2.05, 4.69) is 17.1 Å². The number of nitrogens with one attached hydrogen (secondary N) is 1. The van der Waals surface area contributed by atoms with Gasteiger partial charge in [0.15, 0.2) is 0 Å². The fraction of sp³-hybridized carbons (Fsp3) is 0.355. The van der Waals surface area contributed by atoms with Crippen molar-refractivity contribution in [2.75, 3.05) is 18.4 Å². The van der Waals surface area contributed by atoms with Crippen LogP contribution in [0.1, 0.15) is 55.5 Å². The summed E-state index contributed by atoms with van der Waals surface area (Å²) >= 11 is 1.23. The minimum atomic E-state index is -5.53. The molecule has 0 aliphatic carbocycles. The van der Waals surface area contributed by atoms with Crippen LogP contribution in [-0.2, 0) is 27.0 Å². The SMILES string of the molecule is COc1ccc(CCCCCCCCOc2ccc(CSc3cccc(NS(=O)(=O)C(F)(F)F)c3)nc2C=CC(=O)O)cc1. The van der Waals surface area contributed by atoms with E-state index < -0.39 is 21.5 Å². The molecule has 1 aromatic heterocycles. The third kappa shape index (κ3) is 11.8. The lowest BCUT2D eigenvalue weighted by Gasteiger charge is -2.12. The summed E-state index contributed by atoms with van der Waals surface area (Å²) in [7, 11) is -3.88. The van der Waals surface area contributed by atoms with E-state index in [1.165, 1.54) is 46.3 Å². The number of methoxy groups -OCH3 is 1. The first kappa shape index (κ1) is 34.8. The number of hydrogen-bond acceptors (Lipinski definition) is 7. The maximum Gasteiger partial charge on any atom is 0.516 e. The van der Waals surface area contributed by atoms with Crippen molar-refractivity contribution in [1.29, 1.82) is 0 Å². The third-order valence-corrected chi connectivity index (χ3v) is 8.52. The van der Waals surface area contributed by atoms with Crippen LogP contribution in [0.5, 0.6) is 11.5 Å². The second kappa shape index (κ2) is 17.0.